The van der Waals surface area contributed by atoms with Crippen molar-refractivity contribution in [1.29, 1.82) is 0 Å². The minimum Gasteiger partial charge on any atom is -0.378 e. The van der Waals surface area contributed by atoms with Gasteiger partial charge in [-0.1, -0.05) is 19.1 Å². The first-order chi connectivity index (χ1) is 11.5. The Hall–Kier alpha value is -1.95. The summed E-state index contributed by atoms with van der Waals surface area (Å²) in [7, 11) is 0. The Kier molecular flexibility index (Phi) is 6.73. The number of nitrogens with zero attached hydrogens (tertiary/aromatic N) is 1. The highest BCUT2D eigenvalue weighted by molar-refractivity contribution is 5.88. The van der Waals surface area contributed by atoms with Crippen LogP contribution in [0.15, 0.2) is 24.3 Å². The van der Waals surface area contributed by atoms with Gasteiger partial charge >= 0.3 is 0 Å². The molecule has 1 aliphatic rings. The summed E-state index contributed by atoms with van der Waals surface area (Å²) >= 11 is 0. The van der Waals surface area contributed by atoms with E-state index in [0.717, 1.165) is 5.56 Å². The number of hydrogen-bond acceptors (Lipinski definition) is 3. The highest BCUT2D eigenvalue weighted by Crippen LogP contribution is 2.12. The van der Waals surface area contributed by atoms with E-state index in [1.807, 2.05) is 13.0 Å². The predicted molar refractivity (Wildman–Crippen MR) is 88.9 cm³/mol. The molecule has 1 heterocycles. The lowest BCUT2D eigenvalue weighted by molar-refractivity contribution is -0.140. The van der Waals surface area contributed by atoms with Crippen LogP contribution in [0.4, 0.5) is 4.39 Å². The lowest BCUT2D eigenvalue weighted by Crippen LogP contribution is -2.51. The van der Waals surface area contributed by atoms with Crippen molar-refractivity contribution in [1.82, 2.24) is 10.2 Å². The molecule has 1 aromatic rings. The van der Waals surface area contributed by atoms with Gasteiger partial charge in [-0.15, -0.1) is 0 Å². The maximum absolute atomic E-state index is 13.2. The standard InChI is InChI=1S/C18H25FN2O3/c1-13(6-7-15-4-3-5-16(19)12-15)17(22)20-14(2)18(23)21-8-10-24-11-9-21/h3-5,12-14H,6-11H2,1-2H3,(H,20,22). The number of amides is 2. The molecule has 1 aromatic carbocycles. The lowest BCUT2D eigenvalue weighted by atomic mass is 10.00. The number of aryl methyl sites for hydroxylation is 1. The van der Waals surface area contributed by atoms with E-state index in [1.165, 1.54) is 12.1 Å². The molecule has 0 aliphatic carbocycles. The first-order valence-electron chi connectivity index (χ1n) is 8.38. The topological polar surface area (TPSA) is 58.6 Å². The SMILES string of the molecule is CC(CCc1cccc(F)c1)C(=O)NC(C)C(=O)N1CCOCC1. The zero-order valence-electron chi connectivity index (χ0n) is 14.3. The Morgan fingerprint density at radius 1 is 1.29 bits per heavy atom. The molecule has 0 bridgehead atoms. The van der Waals surface area contributed by atoms with Crippen LogP contribution in [-0.2, 0) is 20.7 Å². The van der Waals surface area contributed by atoms with E-state index in [9.17, 15) is 14.0 Å². The first kappa shape index (κ1) is 18.4. The number of rotatable bonds is 6. The summed E-state index contributed by atoms with van der Waals surface area (Å²) in [6, 6.07) is 5.84. The Morgan fingerprint density at radius 2 is 2.00 bits per heavy atom. The molecule has 2 rings (SSSR count). The van der Waals surface area contributed by atoms with Crippen molar-refractivity contribution < 1.29 is 18.7 Å². The van der Waals surface area contributed by atoms with Crippen LogP contribution in [0.1, 0.15) is 25.8 Å². The van der Waals surface area contributed by atoms with E-state index >= 15 is 0 Å². The minimum atomic E-state index is -0.549. The van der Waals surface area contributed by atoms with Crippen molar-refractivity contribution in [3.05, 3.63) is 35.6 Å². The number of benzene rings is 1. The Morgan fingerprint density at radius 3 is 2.67 bits per heavy atom. The van der Waals surface area contributed by atoms with Gasteiger partial charge in [-0.05, 0) is 37.5 Å². The largest absolute Gasteiger partial charge is 0.378 e. The van der Waals surface area contributed by atoms with Crippen molar-refractivity contribution in [3.8, 4) is 0 Å². The second-order valence-corrected chi connectivity index (χ2v) is 6.24. The van der Waals surface area contributed by atoms with Crippen molar-refractivity contribution >= 4 is 11.8 Å². The summed E-state index contributed by atoms with van der Waals surface area (Å²) in [6.45, 7) is 5.73. The molecule has 24 heavy (non-hydrogen) atoms. The van der Waals surface area contributed by atoms with Gasteiger partial charge < -0.3 is 15.0 Å². The summed E-state index contributed by atoms with van der Waals surface area (Å²) in [5, 5.41) is 2.78. The van der Waals surface area contributed by atoms with Gasteiger partial charge in [-0.25, -0.2) is 4.39 Å². The number of morpholine rings is 1. The van der Waals surface area contributed by atoms with E-state index in [1.54, 1.807) is 17.9 Å². The van der Waals surface area contributed by atoms with Crippen LogP contribution in [-0.4, -0.2) is 49.1 Å². The third kappa shape index (κ3) is 5.30. The van der Waals surface area contributed by atoms with Crippen molar-refractivity contribution in [3.63, 3.8) is 0 Å². The van der Waals surface area contributed by atoms with E-state index in [2.05, 4.69) is 5.32 Å². The smallest absolute Gasteiger partial charge is 0.245 e. The fourth-order valence-corrected chi connectivity index (χ4v) is 2.68. The molecule has 0 spiro atoms. The molecule has 2 atom stereocenters. The third-order valence-corrected chi connectivity index (χ3v) is 4.25. The van der Waals surface area contributed by atoms with Crippen LogP contribution in [0.2, 0.25) is 0 Å². The molecule has 1 saturated heterocycles. The van der Waals surface area contributed by atoms with Gasteiger partial charge in [0.2, 0.25) is 11.8 Å². The van der Waals surface area contributed by atoms with E-state index in [-0.39, 0.29) is 23.5 Å². The fourth-order valence-electron chi connectivity index (χ4n) is 2.68. The Bertz CT molecular complexity index is 573. The highest BCUT2D eigenvalue weighted by Gasteiger charge is 2.25. The number of halogens is 1. The van der Waals surface area contributed by atoms with Gasteiger partial charge in [0.25, 0.3) is 0 Å². The molecule has 5 nitrogen and oxygen atoms in total. The van der Waals surface area contributed by atoms with Gasteiger partial charge in [0.15, 0.2) is 0 Å². The van der Waals surface area contributed by atoms with Gasteiger partial charge in [-0.3, -0.25) is 9.59 Å². The van der Waals surface area contributed by atoms with Crippen LogP contribution < -0.4 is 5.32 Å². The summed E-state index contributed by atoms with van der Waals surface area (Å²) < 4.78 is 18.4. The van der Waals surface area contributed by atoms with E-state index < -0.39 is 6.04 Å². The van der Waals surface area contributed by atoms with Crippen molar-refractivity contribution in [2.45, 2.75) is 32.7 Å². The van der Waals surface area contributed by atoms with Gasteiger partial charge in [-0.2, -0.15) is 0 Å². The van der Waals surface area contributed by atoms with Crippen LogP contribution in [0, 0.1) is 11.7 Å². The molecule has 0 radical (unpaired) electrons. The average molecular weight is 336 g/mol. The fraction of sp³-hybridized carbons (Fsp3) is 0.556. The van der Waals surface area contributed by atoms with Crippen LogP contribution >= 0.6 is 0 Å². The zero-order valence-corrected chi connectivity index (χ0v) is 14.3. The van der Waals surface area contributed by atoms with Gasteiger partial charge in [0.1, 0.15) is 11.9 Å². The number of carbonyl (C=O) groups is 2. The Labute approximate surface area is 142 Å². The normalized spacial score (nSPS) is 17.2. The van der Waals surface area contributed by atoms with Gasteiger partial charge in [0.05, 0.1) is 13.2 Å². The second kappa shape index (κ2) is 8.78. The molecule has 0 saturated carbocycles. The second-order valence-electron chi connectivity index (χ2n) is 6.24. The molecule has 2 amide bonds. The first-order valence-corrected chi connectivity index (χ1v) is 8.38. The maximum Gasteiger partial charge on any atom is 0.245 e. The molecule has 1 N–H and O–H groups in total. The number of hydrogen-bond donors (Lipinski definition) is 1. The number of carbonyl (C=O) groups excluding carboxylic acids is 2. The van der Waals surface area contributed by atoms with Gasteiger partial charge in [0, 0.05) is 19.0 Å². The average Bonchev–Trinajstić information content (AvgIpc) is 2.59. The molecule has 1 fully saturated rings. The summed E-state index contributed by atoms with van der Waals surface area (Å²) in [5.41, 5.74) is 0.868. The van der Waals surface area contributed by atoms with Crippen molar-refractivity contribution in [2.24, 2.45) is 5.92 Å². The van der Waals surface area contributed by atoms with Crippen LogP contribution in [0.3, 0.4) is 0 Å². The van der Waals surface area contributed by atoms with Crippen molar-refractivity contribution in [2.75, 3.05) is 26.3 Å². The summed E-state index contributed by atoms with van der Waals surface area (Å²) in [6.07, 6.45) is 1.23. The molecule has 0 aromatic heterocycles. The summed E-state index contributed by atoms with van der Waals surface area (Å²) in [5.74, 6) is -0.743. The summed E-state index contributed by atoms with van der Waals surface area (Å²) in [4.78, 5) is 26.2. The number of nitrogens with one attached hydrogen (secondary N) is 1. The lowest BCUT2D eigenvalue weighted by Gasteiger charge is -2.29. The molecular weight excluding hydrogens is 311 g/mol. The van der Waals surface area contributed by atoms with Crippen LogP contribution in [0.25, 0.3) is 0 Å². The van der Waals surface area contributed by atoms with E-state index in [4.69, 9.17) is 4.74 Å². The quantitative estimate of drug-likeness (QED) is 0.861. The monoisotopic (exact) mass is 336 g/mol. The third-order valence-electron chi connectivity index (χ3n) is 4.25. The molecule has 2 unspecified atom stereocenters. The molecule has 1 aliphatic heterocycles. The highest BCUT2D eigenvalue weighted by atomic mass is 19.1. The Balaban J connectivity index is 1.78. The minimum absolute atomic E-state index is 0.0796. The predicted octanol–water partition coefficient (Wildman–Crippen LogP) is 1.76. The molecular formula is C18H25FN2O3. The molecule has 132 valence electrons. The molecule has 6 heteroatoms. The number of ether oxygens (including phenoxy) is 1. The maximum atomic E-state index is 13.2. The van der Waals surface area contributed by atoms with Crippen LogP contribution in [0.5, 0.6) is 0 Å². The zero-order chi connectivity index (χ0) is 17.5. The van der Waals surface area contributed by atoms with E-state index in [0.29, 0.717) is 39.1 Å².